The molecule has 0 spiro atoms. The SMILES string of the molecule is Cc1ccc(F)c(C(Cl)c2ccc(Cl)cc2)c1F. The van der Waals surface area contributed by atoms with Gasteiger partial charge in [0.15, 0.2) is 0 Å². The van der Waals surface area contributed by atoms with Gasteiger partial charge in [-0.2, -0.15) is 0 Å². The fourth-order valence-electron chi connectivity index (χ4n) is 1.71. The maximum absolute atomic E-state index is 13.9. The van der Waals surface area contributed by atoms with E-state index in [4.69, 9.17) is 23.2 Å². The van der Waals surface area contributed by atoms with Crippen LogP contribution in [0.1, 0.15) is 22.1 Å². The molecule has 0 radical (unpaired) electrons. The fraction of sp³-hybridized carbons (Fsp3) is 0.143. The predicted octanol–water partition coefficient (Wildman–Crippen LogP) is 5.25. The van der Waals surface area contributed by atoms with Gasteiger partial charge < -0.3 is 0 Å². The van der Waals surface area contributed by atoms with Gasteiger partial charge in [-0.15, -0.1) is 11.6 Å². The van der Waals surface area contributed by atoms with Crippen molar-refractivity contribution in [2.75, 3.05) is 0 Å². The summed E-state index contributed by atoms with van der Waals surface area (Å²) in [5.74, 6) is -1.25. The second-order valence-corrected chi connectivity index (χ2v) is 4.88. The quantitative estimate of drug-likeness (QED) is 0.661. The molecule has 0 saturated heterocycles. The summed E-state index contributed by atoms with van der Waals surface area (Å²) in [5, 5.41) is -0.324. The molecule has 18 heavy (non-hydrogen) atoms. The van der Waals surface area contributed by atoms with Gasteiger partial charge in [0, 0.05) is 10.6 Å². The van der Waals surface area contributed by atoms with Crippen molar-refractivity contribution < 1.29 is 8.78 Å². The Morgan fingerprint density at radius 2 is 1.61 bits per heavy atom. The Bertz CT molecular complexity index is 565. The molecule has 1 unspecified atom stereocenters. The molecule has 0 fully saturated rings. The maximum Gasteiger partial charge on any atom is 0.134 e. The van der Waals surface area contributed by atoms with E-state index in [1.807, 2.05) is 0 Å². The van der Waals surface area contributed by atoms with Gasteiger partial charge in [-0.3, -0.25) is 0 Å². The number of halogens is 4. The van der Waals surface area contributed by atoms with Crippen molar-refractivity contribution in [3.63, 3.8) is 0 Å². The maximum atomic E-state index is 13.9. The molecule has 0 aromatic heterocycles. The van der Waals surface area contributed by atoms with Crippen LogP contribution >= 0.6 is 23.2 Å². The van der Waals surface area contributed by atoms with Crippen molar-refractivity contribution in [2.24, 2.45) is 0 Å². The Morgan fingerprint density at radius 1 is 1.00 bits per heavy atom. The summed E-state index contributed by atoms with van der Waals surface area (Å²) in [6.45, 7) is 1.57. The Balaban J connectivity index is 2.49. The minimum Gasteiger partial charge on any atom is -0.207 e. The van der Waals surface area contributed by atoms with Gasteiger partial charge >= 0.3 is 0 Å². The van der Waals surface area contributed by atoms with Crippen LogP contribution in [0.3, 0.4) is 0 Å². The van der Waals surface area contributed by atoms with Gasteiger partial charge in [-0.1, -0.05) is 29.8 Å². The number of aryl methyl sites for hydroxylation is 1. The summed E-state index contributed by atoms with van der Waals surface area (Å²) in [6.07, 6.45) is 0. The highest BCUT2D eigenvalue weighted by Crippen LogP contribution is 2.33. The van der Waals surface area contributed by atoms with Crippen molar-refractivity contribution in [1.29, 1.82) is 0 Å². The van der Waals surface area contributed by atoms with Crippen LogP contribution in [-0.2, 0) is 0 Å². The number of rotatable bonds is 2. The smallest absolute Gasteiger partial charge is 0.134 e. The fourth-order valence-corrected chi connectivity index (χ4v) is 2.18. The normalized spacial score (nSPS) is 12.5. The van der Waals surface area contributed by atoms with E-state index in [2.05, 4.69) is 0 Å². The van der Waals surface area contributed by atoms with E-state index in [-0.39, 0.29) is 5.56 Å². The van der Waals surface area contributed by atoms with E-state index < -0.39 is 17.0 Å². The van der Waals surface area contributed by atoms with E-state index in [1.165, 1.54) is 12.1 Å². The summed E-state index contributed by atoms with van der Waals surface area (Å²) in [6, 6.07) is 9.19. The van der Waals surface area contributed by atoms with Crippen LogP contribution in [0.15, 0.2) is 36.4 Å². The molecule has 2 rings (SSSR count). The third-order valence-electron chi connectivity index (χ3n) is 2.74. The molecule has 0 amide bonds. The van der Waals surface area contributed by atoms with Gasteiger partial charge in [-0.05, 0) is 36.2 Å². The zero-order chi connectivity index (χ0) is 13.3. The minimum atomic E-state index is -0.873. The average Bonchev–Trinajstić information content (AvgIpc) is 2.35. The lowest BCUT2D eigenvalue weighted by Crippen LogP contribution is -2.02. The predicted molar refractivity (Wildman–Crippen MR) is 70.2 cm³/mol. The van der Waals surface area contributed by atoms with E-state index in [1.54, 1.807) is 31.2 Å². The van der Waals surface area contributed by atoms with E-state index >= 15 is 0 Å². The first-order valence-electron chi connectivity index (χ1n) is 5.34. The van der Waals surface area contributed by atoms with Gasteiger partial charge in [0.05, 0.1) is 5.38 Å². The molecule has 0 aliphatic carbocycles. The third-order valence-corrected chi connectivity index (χ3v) is 3.46. The highest BCUT2D eigenvalue weighted by Gasteiger charge is 2.21. The lowest BCUT2D eigenvalue weighted by Gasteiger charge is -2.13. The molecule has 94 valence electrons. The highest BCUT2D eigenvalue weighted by molar-refractivity contribution is 6.30. The summed E-state index contributed by atoms with van der Waals surface area (Å²) in [4.78, 5) is 0. The van der Waals surface area contributed by atoms with Crippen molar-refractivity contribution in [2.45, 2.75) is 12.3 Å². The summed E-state index contributed by atoms with van der Waals surface area (Å²) >= 11 is 11.9. The number of hydrogen-bond donors (Lipinski definition) is 0. The number of benzene rings is 2. The molecular weight excluding hydrogens is 277 g/mol. The van der Waals surface area contributed by atoms with E-state index in [0.717, 1.165) is 0 Å². The molecule has 4 heteroatoms. The van der Waals surface area contributed by atoms with Gasteiger partial charge in [0.2, 0.25) is 0 Å². The topological polar surface area (TPSA) is 0 Å². The van der Waals surface area contributed by atoms with Crippen LogP contribution in [-0.4, -0.2) is 0 Å². The van der Waals surface area contributed by atoms with Crippen LogP contribution in [0.4, 0.5) is 8.78 Å². The molecule has 2 aromatic rings. The van der Waals surface area contributed by atoms with Crippen LogP contribution in [0.5, 0.6) is 0 Å². The molecule has 0 nitrogen and oxygen atoms in total. The molecule has 0 saturated carbocycles. The molecule has 0 N–H and O–H groups in total. The molecule has 2 aromatic carbocycles. The molecule has 0 heterocycles. The molecule has 0 bridgehead atoms. The monoisotopic (exact) mass is 286 g/mol. The van der Waals surface area contributed by atoms with Crippen LogP contribution in [0.2, 0.25) is 5.02 Å². The summed E-state index contributed by atoms with van der Waals surface area (Å²) < 4.78 is 27.6. The van der Waals surface area contributed by atoms with E-state index in [9.17, 15) is 8.78 Å². The standard InChI is InChI=1S/C14H10Cl2F2/c1-8-2-7-11(17)12(14(8)18)13(16)9-3-5-10(15)6-4-9/h2-7,13H,1H3. The molecule has 1 atom stereocenters. The molecule has 0 aliphatic heterocycles. The average molecular weight is 287 g/mol. The zero-order valence-electron chi connectivity index (χ0n) is 9.55. The van der Waals surface area contributed by atoms with Crippen LogP contribution in [0.25, 0.3) is 0 Å². The first-order chi connectivity index (χ1) is 8.50. The Kier molecular flexibility index (Phi) is 3.88. The van der Waals surface area contributed by atoms with E-state index in [0.29, 0.717) is 16.1 Å². The number of alkyl halides is 1. The molecular formula is C14H10Cl2F2. The Hall–Kier alpha value is -1.12. The first kappa shape index (κ1) is 13.3. The number of hydrogen-bond acceptors (Lipinski definition) is 0. The van der Waals surface area contributed by atoms with Crippen LogP contribution in [0, 0.1) is 18.6 Å². The lowest BCUT2D eigenvalue weighted by atomic mass is 10.0. The van der Waals surface area contributed by atoms with Gasteiger partial charge in [-0.25, -0.2) is 8.78 Å². The van der Waals surface area contributed by atoms with Crippen molar-refractivity contribution >= 4 is 23.2 Å². The van der Waals surface area contributed by atoms with Crippen molar-refractivity contribution in [3.05, 3.63) is 69.7 Å². The Morgan fingerprint density at radius 3 is 2.22 bits per heavy atom. The lowest BCUT2D eigenvalue weighted by molar-refractivity contribution is 0.553. The second-order valence-electron chi connectivity index (χ2n) is 4.01. The summed E-state index contributed by atoms with van der Waals surface area (Å²) in [5.41, 5.74) is 0.842. The molecule has 0 aliphatic rings. The van der Waals surface area contributed by atoms with Gasteiger partial charge in [0.1, 0.15) is 11.6 Å². The van der Waals surface area contributed by atoms with Gasteiger partial charge in [0.25, 0.3) is 0 Å². The third kappa shape index (κ3) is 2.50. The Labute approximate surface area is 114 Å². The van der Waals surface area contributed by atoms with Crippen molar-refractivity contribution in [3.8, 4) is 0 Å². The highest BCUT2D eigenvalue weighted by atomic mass is 35.5. The first-order valence-corrected chi connectivity index (χ1v) is 6.16. The minimum absolute atomic E-state index is 0.126. The summed E-state index contributed by atoms with van der Waals surface area (Å²) in [7, 11) is 0. The largest absolute Gasteiger partial charge is 0.207 e. The van der Waals surface area contributed by atoms with Crippen LogP contribution < -0.4 is 0 Å². The zero-order valence-corrected chi connectivity index (χ0v) is 11.1. The van der Waals surface area contributed by atoms with Crippen molar-refractivity contribution in [1.82, 2.24) is 0 Å². The second kappa shape index (κ2) is 5.25.